The van der Waals surface area contributed by atoms with Crippen LogP contribution in [0.2, 0.25) is 10.0 Å². The summed E-state index contributed by atoms with van der Waals surface area (Å²) < 4.78 is 0. The molecule has 18 heavy (non-hydrogen) atoms. The maximum Gasteiger partial charge on any atom is 0.0468 e. The minimum absolute atomic E-state index is 0.409. The molecule has 0 saturated carbocycles. The van der Waals surface area contributed by atoms with Crippen molar-refractivity contribution < 1.29 is 0 Å². The van der Waals surface area contributed by atoms with Gasteiger partial charge in [-0.3, -0.25) is 4.90 Å². The quantitative estimate of drug-likeness (QED) is 0.910. The molecule has 0 bridgehead atoms. The molecule has 0 spiro atoms. The van der Waals surface area contributed by atoms with Crippen molar-refractivity contribution >= 4 is 23.2 Å². The van der Waals surface area contributed by atoms with E-state index < -0.39 is 0 Å². The molecule has 1 aliphatic heterocycles. The topological polar surface area (TPSA) is 15.3 Å². The second-order valence-electron chi connectivity index (χ2n) is 4.85. The summed E-state index contributed by atoms with van der Waals surface area (Å²) >= 11 is 12.3. The number of nitrogens with one attached hydrogen (secondary N) is 1. The fourth-order valence-electron chi connectivity index (χ4n) is 2.95. The van der Waals surface area contributed by atoms with Gasteiger partial charge in [0.05, 0.1) is 0 Å². The van der Waals surface area contributed by atoms with Gasteiger partial charge < -0.3 is 5.32 Å². The molecule has 2 rings (SSSR count). The van der Waals surface area contributed by atoms with Gasteiger partial charge in [0, 0.05) is 16.1 Å². The molecule has 1 N–H and O–H groups in total. The van der Waals surface area contributed by atoms with Crippen LogP contribution in [0.4, 0.5) is 0 Å². The van der Waals surface area contributed by atoms with Crippen molar-refractivity contribution in [1.82, 2.24) is 10.2 Å². The second-order valence-corrected chi connectivity index (χ2v) is 5.69. The average molecular weight is 287 g/mol. The van der Waals surface area contributed by atoms with Crippen LogP contribution in [0.1, 0.15) is 24.9 Å². The molecule has 0 aliphatic carbocycles. The normalized spacial score (nSPS) is 24.7. The van der Waals surface area contributed by atoms with E-state index in [-0.39, 0.29) is 0 Å². The lowest BCUT2D eigenvalue weighted by Crippen LogP contribution is -2.29. The minimum atomic E-state index is 0.409. The van der Waals surface area contributed by atoms with Gasteiger partial charge >= 0.3 is 0 Å². The number of rotatable bonds is 4. The molecule has 1 heterocycles. The molecule has 1 aliphatic rings. The van der Waals surface area contributed by atoms with Gasteiger partial charge in [0.15, 0.2) is 0 Å². The van der Waals surface area contributed by atoms with Gasteiger partial charge in [-0.25, -0.2) is 0 Å². The van der Waals surface area contributed by atoms with Gasteiger partial charge in [-0.2, -0.15) is 0 Å². The van der Waals surface area contributed by atoms with Gasteiger partial charge in [0.25, 0.3) is 0 Å². The van der Waals surface area contributed by atoms with Crippen molar-refractivity contribution in [2.24, 2.45) is 5.92 Å². The van der Waals surface area contributed by atoms with Crippen LogP contribution >= 0.6 is 23.2 Å². The van der Waals surface area contributed by atoms with Crippen LogP contribution in [-0.4, -0.2) is 31.6 Å². The van der Waals surface area contributed by atoms with Crippen LogP contribution in [0, 0.1) is 5.92 Å². The number of likely N-dealkylation sites (tertiary alicyclic amines) is 1. The first-order valence-electron chi connectivity index (χ1n) is 6.51. The van der Waals surface area contributed by atoms with Crippen molar-refractivity contribution in [2.45, 2.75) is 19.4 Å². The lowest BCUT2D eigenvalue weighted by atomic mass is 9.93. The Morgan fingerprint density at radius 3 is 2.78 bits per heavy atom. The summed E-state index contributed by atoms with van der Waals surface area (Å²) in [6, 6.07) is 6.27. The summed E-state index contributed by atoms with van der Waals surface area (Å²) in [5, 5.41) is 4.78. The van der Waals surface area contributed by atoms with Crippen LogP contribution in [0.15, 0.2) is 18.2 Å². The zero-order chi connectivity index (χ0) is 13.1. The molecule has 2 atom stereocenters. The van der Waals surface area contributed by atoms with E-state index in [0.29, 0.717) is 17.0 Å². The SMILES string of the molecule is CCN1CCC(CNC)C1c1ccc(Cl)cc1Cl. The standard InChI is InChI=1S/C14H20Cl2N2/c1-3-18-7-6-10(9-17-2)14(18)12-5-4-11(15)8-13(12)16/h4-5,8,10,14,17H,3,6-7,9H2,1-2H3. The van der Waals surface area contributed by atoms with Crippen molar-refractivity contribution in [2.75, 3.05) is 26.7 Å². The van der Waals surface area contributed by atoms with E-state index in [1.165, 1.54) is 12.0 Å². The highest BCUT2D eigenvalue weighted by atomic mass is 35.5. The van der Waals surface area contributed by atoms with Gasteiger partial charge in [-0.05, 0) is 56.7 Å². The Morgan fingerprint density at radius 1 is 1.39 bits per heavy atom. The Balaban J connectivity index is 2.31. The Kier molecular flexibility index (Phi) is 4.91. The van der Waals surface area contributed by atoms with Crippen LogP contribution in [0.3, 0.4) is 0 Å². The Labute approximate surface area is 119 Å². The summed E-state index contributed by atoms with van der Waals surface area (Å²) in [5.74, 6) is 0.619. The highest BCUT2D eigenvalue weighted by Gasteiger charge is 2.34. The second kappa shape index (κ2) is 6.25. The highest BCUT2D eigenvalue weighted by Crippen LogP contribution is 2.40. The van der Waals surface area contributed by atoms with Crippen molar-refractivity contribution in [3.05, 3.63) is 33.8 Å². The molecule has 2 nitrogen and oxygen atoms in total. The van der Waals surface area contributed by atoms with Gasteiger partial charge in [0.1, 0.15) is 0 Å². The Bertz CT molecular complexity index is 409. The molecule has 1 saturated heterocycles. The summed E-state index contributed by atoms with van der Waals surface area (Å²) in [6.07, 6.45) is 1.22. The zero-order valence-electron chi connectivity index (χ0n) is 10.9. The summed E-state index contributed by atoms with van der Waals surface area (Å²) in [5.41, 5.74) is 1.21. The van der Waals surface area contributed by atoms with Crippen molar-refractivity contribution in [1.29, 1.82) is 0 Å². The number of hydrogen-bond donors (Lipinski definition) is 1. The predicted octanol–water partition coefficient (Wildman–Crippen LogP) is 3.60. The molecule has 1 aromatic carbocycles. The third-order valence-electron chi connectivity index (χ3n) is 3.78. The lowest BCUT2D eigenvalue weighted by Gasteiger charge is -2.28. The summed E-state index contributed by atoms with van der Waals surface area (Å²) in [6.45, 7) is 5.44. The fraction of sp³-hybridized carbons (Fsp3) is 0.571. The van der Waals surface area contributed by atoms with Gasteiger partial charge in [-0.1, -0.05) is 36.2 Å². The predicted molar refractivity (Wildman–Crippen MR) is 78.5 cm³/mol. The highest BCUT2D eigenvalue weighted by molar-refractivity contribution is 6.35. The van der Waals surface area contributed by atoms with Crippen LogP contribution in [0.25, 0.3) is 0 Å². The van der Waals surface area contributed by atoms with Crippen LogP contribution in [0.5, 0.6) is 0 Å². The Hall–Kier alpha value is -0.280. The smallest absolute Gasteiger partial charge is 0.0468 e. The first kappa shape index (κ1) is 14.1. The van der Waals surface area contributed by atoms with E-state index in [0.717, 1.165) is 24.7 Å². The minimum Gasteiger partial charge on any atom is -0.319 e. The number of halogens is 2. The van der Waals surface area contributed by atoms with E-state index in [4.69, 9.17) is 23.2 Å². The van der Waals surface area contributed by atoms with Crippen molar-refractivity contribution in [3.63, 3.8) is 0 Å². The molecular weight excluding hydrogens is 267 g/mol. The number of hydrogen-bond acceptors (Lipinski definition) is 2. The molecule has 0 amide bonds. The van der Waals surface area contributed by atoms with Crippen LogP contribution in [-0.2, 0) is 0 Å². The fourth-order valence-corrected chi connectivity index (χ4v) is 3.47. The van der Waals surface area contributed by atoms with E-state index in [2.05, 4.69) is 23.2 Å². The first-order chi connectivity index (χ1) is 8.67. The first-order valence-corrected chi connectivity index (χ1v) is 7.26. The number of benzene rings is 1. The van der Waals surface area contributed by atoms with Crippen molar-refractivity contribution in [3.8, 4) is 0 Å². The molecular formula is C14H20Cl2N2. The Morgan fingerprint density at radius 2 is 2.17 bits per heavy atom. The lowest BCUT2D eigenvalue weighted by molar-refractivity contribution is 0.238. The third kappa shape index (κ3) is 2.83. The maximum absolute atomic E-state index is 6.37. The molecule has 2 unspecified atom stereocenters. The van der Waals surface area contributed by atoms with E-state index in [1.807, 2.05) is 19.2 Å². The maximum atomic E-state index is 6.37. The largest absolute Gasteiger partial charge is 0.319 e. The molecule has 0 aromatic heterocycles. The molecule has 1 aromatic rings. The molecule has 0 radical (unpaired) electrons. The van der Waals surface area contributed by atoms with Gasteiger partial charge in [0.2, 0.25) is 0 Å². The molecule has 100 valence electrons. The molecule has 1 fully saturated rings. The van der Waals surface area contributed by atoms with E-state index in [9.17, 15) is 0 Å². The van der Waals surface area contributed by atoms with Gasteiger partial charge in [-0.15, -0.1) is 0 Å². The number of nitrogens with zero attached hydrogens (tertiary/aromatic N) is 1. The summed E-state index contributed by atoms with van der Waals surface area (Å²) in [4.78, 5) is 2.50. The zero-order valence-corrected chi connectivity index (χ0v) is 12.4. The third-order valence-corrected chi connectivity index (χ3v) is 4.34. The average Bonchev–Trinajstić information content (AvgIpc) is 2.73. The molecule has 4 heteroatoms. The van der Waals surface area contributed by atoms with Crippen LogP contribution < -0.4 is 5.32 Å². The summed E-state index contributed by atoms with van der Waals surface area (Å²) in [7, 11) is 2.01. The monoisotopic (exact) mass is 286 g/mol. The van der Waals surface area contributed by atoms with E-state index >= 15 is 0 Å². The van der Waals surface area contributed by atoms with E-state index in [1.54, 1.807) is 0 Å².